The van der Waals surface area contributed by atoms with Crippen molar-refractivity contribution in [2.45, 2.75) is 25.8 Å². The number of aromatic nitrogens is 1. The van der Waals surface area contributed by atoms with E-state index >= 15 is 0 Å². The number of carbonyl (C=O) groups is 2. The van der Waals surface area contributed by atoms with Crippen LogP contribution in [-0.4, -0.2) is 33.2 Å². The van der Waals surface area contributed by atoms with E-state index < -0.39 is 0 Å². The van der Waals surface area contributed by atoms with Crippen LogP contribution in [0.15, 0.2) is 84.0 Å². The van der Waals surface area contributed by atoms with E-state index in [2.05, 4.69) is 15.1 Å². The molecule has 1 atom stereocenters. The topological polar surface area (TPSA) is 66.7 Å². The van der Waals surface area contributed by atoms with Gasteiger partial charge in [0.1, 0.15) is 5.37 Å². The third-order valence-electron chi connectivity index (χ3n) is 6.62. The molecule has 6 nitrogen and oxygen atoms in total. The van der Waals surface area contributed by atoms with Crippen LogP contribution in [0.5, 0.6) is 0 Å². The number of hydrogen-bond acceptors (Lipinski definition) is 4. The zero-order valence-corrected chi connectivity index (χ0v) is 23.7. The maximum absolute atomic E-state index is 12.7. The molecule has 1 aliphatic rings. The van der Waals surface area contributed by atoms with E-state index in [1.807, 2.05) is 79.4 Å². The molecule has 3 aromatic carbocycles. The largest absolute Gasteiger partial charge is 0.322 e. The summed E-state index contributed by atoms with van der Waals surface area (Å²) in [5.74, 6) is 0.246. The van der Waals surface area contributed by atoms with Gasteiger partial charge in [0.2, 0.25) is 5.91 Å². The standard InChI is InChI=1S/C30H26Cl2N4O2S/c1-19-14-24(20(2)36(19)25-12-13-26(31)27(32)15-25)16-33-34-29(38)22-8-10-23(11-9-22)30-35(28(37)18-39-30)17-21-6-4-3-5-7-21/h3-16,30H,17-18H2,1-2H3,(H,34,38)/b33-16-/t30-/m0/s1. The zero-order chi connectivity index (χ0) is 27.5. The van der Waals surface area contributed by atoms with Crippen molar-refractivity contribution in [2.24, 2.45) is 5.10 Å². The van der Waals surface area contributed by atoms with Gasteiger partial charge in [-0.1, -0.05) is 65.7 Å². The third kappa shape index (κ3) is 5.91. The number of nitrogens with one attached hydrogen (secondary N) is 1. The first-order chi connectivity index (χ1) is 18.8. The summed E-state index contributed by atoms with van der Waals surface area (Å²) in [6.45, 7) is 4.52. The molecule has 1 fully saturated rings. The van der Waals surface area contributed by atoms with Gasteiger partial charge in [-0.15, -0.1) is 11.8 Å². The maximum Gasteiger partial charge on any atom is 0.271 e. The Morgan fingerprint density at radius 2 is 1.77 bits per heavy atom. The molecule has 0 unspecified atom stereocenters. The molecule has 1 aromatic heterocycles. The van der Waals surface area contributed by atoms with Crippen LogP contribution in [0.4, 0.5) is 0 Å². The Kier molecular flexibility index (Phi) is 8.12. The molecule has 39 heavy (non-hydrogen) atoms. The zero-order valence-electron chi connectivity index (χ0n) is 21.4. The SMILES string of the molecule is Cc1cc(/C=N\NC(=O)c2ccc([C@@H]3SCC(=O)N3Cc3ccccc3)cc2)c(C)n1-c1ccc(Cl)c(Cl)c1. The minimum atomic E-state index is -0.313. The lowest BCUT2D eigenvalue weighted by Crippen LogP contribution is -2.27. The Bertz CT molecular complexity index is 1550. The van der Waals surface area contributed by atoms with Gasteiger partial charge in [0.05, 0.1) is 22.0 Å². The molecule has 5 rings (SSSR count). The monoisotopic (exact) mass is 576 g/mol. The van der Waals surface area contributed by atoms with Gasteiger partial charge in [0, 0.05) is 34.7 Å². The number of hydrazone groups is 1. The van der Waals surface area contributed by atoms with Crippen molar-refractivity contribution in [3.8, 4) is 5.69 Å². The second kappa shape index (κ2) is 11.7. The summed E-state index contributed by atoms with van der Waals surface area (Å²) in [6, 6.07) is 24.8. The number of thioether (sulfide) groups is 1. The molecular weight excluding hydrogens is 551 g/mol. The molecular formula is C30H26Cl2N4O2S. The lowest BCUT2D eigenvalue weighted by molar-refractivity contribution is -0.128. The van der Waals surface area contributed by atoms with Crippen molar-refractivity contribution in [1.29, 1.82) is 0 Å². The highest BCUT2D eigenvalue weighted by Crippen LogP contribution is 2.39. The molecule has 0 saturated carbocycles. The highest BCUT2D eigenvalue weighted by molar-refractivity contribution is 8.00. The van der Waals surface area contributed by atoms with E-state index in [9.17, 15) is 9.59 Å². The Hall–Kier alpha value is -3.52. The summed E-state index contributed by atoms with van der Waals surface area (Å²) in [5, 5.41) is 5.08. The summed E-state index contributed by atoms with van der Waals surface area (Å²) in [7, 11) is 0. The molecule has 0 bridgehead atoms. The van der Waals surface area contributed by atoms with Gasteiger partial charge in [-0.25, -0.2) is 5.43 Å². The Labute approximate surface area is 241 Å². The molecule has 9 heteroatoms. The van der Waals surface area contributed by atoms with E-state index in [0.717, 1.165) is 33.8 Å². The van der Waals surface area contributed by atoms with E-state index in [1.165, 1.54) is 0 Å². The number of aryl methyl sites for hydroxylation is 1. The number of amides is 2. The molecule has 198 valence electrons. The van der Waals surface area contributed by atoms with E-state index in [0.29, 0.717) is 27.9 Å². The quantitative estimate of drug-likeness (QED) is 0.191. The fourth-order valence-corrected chi connectivity index (χ4v) is 6.13. The highest BCUT2D eigenvalue weighted by atomic mass is 35.5. The number of nitrogens with zero attached hydrogens (tertiary/aromatic N) is 3. The average Bonchev–Trinajstić information content (AvgIpc) is 3.44. The number of benzene rings is 3. The molecule has 0 spiro atoms. The van der Waals surface area contributed by atoms with Gasteiger partial charge < -0.3 is 9.47 Å². The van der Waals surface area contributed by atoms with E-state index in [-0.39, 0.29) is 17.2 Å². The van der Waals surface area contributed by atoms with Crippen molar-refractivity contribution in [2.75, 3.05) is 5.75 Å². The average molecular weight is 578 g/mol. The predicted molar refractivity (Wildman–Crippen MR) is 159 cm³/mol. The smallest absolute Gasteiger partial charge is 0.271 e. The third-order valence-corrected chi connectivity index (χ3v) is 8.62. The number of halogens is 2. The first-order valence-electron chi connectivity index (χ1n) is 12.3. The lowest BCUT2D eigenvalue weighted by atomic mass is 10.1. The van der Waals surface area contributed by atoms with Gasteiger partial charge >= 0.3 is 0 Å². The van der Waals surface area contributed by atoms with E-state index in [4.69, 9.17) is 23.2 Å². The summed E-state index contributed by atoms with van der Waals surface area (Å²) < 4.78 is 2.05. The second-order valence-electron chi connectivity index (χ2n) is 9.25. The van der Waals surface area contributed by atoms with Gasteiger partial charge in [0.25, 0.3) is 5.91 Å². The van der Waals surface area contributed by atoms with E-state index in [1.54, 1.807) is 36.2 Å². The van der Waals surface area contributed by atoms with Crippen LogP contribution in [0.25, 0.3) is 5.69 Å². The van der Waals surface area contributed by atoms with Crippen LogP contribution < -0.4 is 5.43 Å². The predicted octanol–water partition coefficient (Wildman–Crippen LogP) is 6.94. The highest BCUT2D eigenvalue weighted by Gasteiger charge is 2.32. The normalized spacial score (nSPS) is 15.3. The second-order valence-corrected chi connectivity index (χ2v) is 11.1. The summed E-state index contributed by atoms with van der Waals surface area (Å²) in [4.78, 5) is 27.2. The van der Waals surface area contributed by atoms with Crippen LogP contribution in [-0.2, 0) is 11.3 Å². The minimum absolute atomic E-state index is 0.0846. The molecule has 2 heterocycles. The van der Waals surface area contributed by atoms with Crippen LogP contribution in [0.2, 0.25) is 10.0 Å². The Balaban J connectivity index is 1.25. The molecule has 4 aromatic rings. The number of rotatable bonds is 7. The maximum atomic E-state index is 12.7. The fourth-order valence-electron chi connectivity index (χ4n) is 4.65. The summed E-state index contributed by atoms with van der Waals surface area (Å²) >= 11 is 13.9. The van der Waals surface area contributed by atoms with Crippen LogP contribution in [0, 0.1) is 13.8 Å². The fraction of sp³-hybridized carbons (Fsp3) is 0.167. The first-order valence-corrected chi connectivity index (χ1v) is 14.1. The van der Waals surface area contributed by atoms with Crippen molar-refractivity contribution >= 4 is 53.0 Å². The van der Waals surface area contributed by atoms with Crippen LogP contribution in [0.3, 0.4) is 0 Å². The van der Waals surface area contributed by atoms with Gasteiger partial charge in [-0.05, 0) is 61.4 Å². The molecule has 0 radical (unpaired) electrons. The van der Waals surface area contributed by atoms with Crippen molar-refractivity contribution in [3.05, 3.63) is 123 Å². The van der Waals surface area contributed by atoms with Gasteiger partial charge in [0.15, 0.2) is 0 Å². The van der Waals surface area contributed by atoms with Crippen molar-refractivity contribution in [1.82, 2.24) is 14.9 Å². The first kappa shape index (κ1) is 27.1. The number of carbonyl (C=O) groups excluding carboxylic acids is 2. The lowest BCUT2D eigenvalue weighted by Gasteiger charge is -2.24. The number of hydrogen-bond donors (Lipinski definition) is 1. The van der Waals surface area contributed by atoms with Gasteiger partial charge in [-0.2, -0.15) is 5.10 Å². The van der Waals surface area contributed by atoms with Crippen molar-refractivity contribution < 1.29 is 9.59 Å². The Morgan fingerprint density at radius 3 is 2.49 bits per heavy atom. The van der Waals surface area contributed by atoms with Crippen LogP contribution >= 0.6 is 35.0 Å². The van der Waals surface area contributed by atoms with Crippen LogP contribution in [0.1, 0.15) is 43.8 Å². The summed E-state index contributed by atoms with van der Waals surface area (Å²) in [5.41, 5.74) is 8.89. The van der Waals surface area contributed by atoms with Crippen molar-refractivity contribution in [3.63, 3.8) is 0 Å². The minimum Gasteiger partial charge on any atom is -0.322 e. The molecule has 1 N–H and O–H groups in total. The van der Waals surface area contributed by atoms with Gasteiger partial charge in [-0.3, -0.25) is 9.59 Å². The molecule has 1 aliphatic heterocycles. The molecule has 0 aliphatic carbocycles. The Morgan fingerprint density at radius 1 is 1.03 bits per heavy atom. The molecule has 1 saturated heterocycles. The summed E-state index contributed by atoms with van der Waals surface area (Å²) in [6.07, 6.45) is 1.63. The molecule has 2 amide bonds.